The second kappa shape index (κ2) is 7.09. The van der Waals surface area contributed by atoms with Crippen LogP contribution in [-0.2, 0) is 0 Å². The molecule has 0 saturated heterocycles. The maximum Gasteiger partial charge on any atom is 0.438 e. The molecule has 0 aromatic rings. The Kier molecular flexibility index (Phi) is 6.79. The monoisotopic (exact) mass is 526 g/mol. The van der Waals surface area contributed by atoms with Crippen LogP contribution in [0.1, 0.15) is 20.8 Å². The molecule has 0 N–H and O–H groups in total. The van der Waals surface area contributed by atoms with Crippen LogP contribution in [0.25, 0.3) is 0 Å². The van der Waals surface area contributed by atoms with Crippen molar-refractivity contribution >= 4 is 0 Å². The van der Waals surface area contributed by atoms with Gasteiger partial charge >= 0.3 is 53.6 Å². The van der Waals surface area contributed by atoms with Crippen molar-refractivity contribution in [1.29, 1.82) is 0 Å². The van der Waals surface area contributed by atoms with Gasteiger partial charge in [0.05, 0.1) is 0 Å². The molecule has 194 valence electrons. The van der Waals surface area contributed by atoms with Gasteiger partial charge in [0.2, 0.25) is 0 Å². The molecule has 0 radical (unpaired) electrons. The molecule has 0 rings (SSSR count). The van der Waals surface area contributed by atoms with Gasteiger partial charge in [-0.15, -0.1) is 0 Å². The van der Waals surface area contributed by atoms with Crippen LogP contribution in [0.2, 0.25) is 0 Å². The van der Waals surface area contributed by atoms with Crippen LogP contribution in [0.3, 0.4) is 0 Å². The van der Waals surface area contributed by atoms with E-state index in [1.54, 1.807) is 0 Å². The zero-order valence-electron chi connectivity index (χ0n) is 15.2. The molecule has 0 saturated carbocycles. The minimum Gasteiger partial charge on any atom is -0.216 e. The van der Waals surface area contributed by atoms with Gasteiger partial charge in [0.25, 0.3) is 0 Å². The zero-order valence-corrected chi connectivity index (χ0v) is 15.2. The van der Waals surface area contributed by atoms with Crippen molar-refractivity contribution in [2.45, 2.75) is 74.3 Å². The standard InChI is InChI=1S/C13H9F19/c1-4(2,3)6(15,16)8(19,20)10(23,24)11(25,26)9(21,22)7(17,18)5(14,12(27,28)29)13(30,31)32/h1-3H3. The van der Waals surface area contributed by atoms with Crippen molar-refractivity contribution < 1.29 is 83.4 Å². The maximum atomic E-state index is 13.6. The SMILES string of the molecule is CC(C)(C)C(F)(F)C(F)(F)C(F)(F)C(F)(F)C(F)(F)C(F)(F)C(F)(C(F)(F)F)C(F)(F)F. The summed E-state index contributed by atoms with van der Waals surface area (Å²) in [6.45, 7) is -0.245. The summed E-state index contributed by atoms with van der Waals surface area (Å²) < 4.78 is 249. The lowest BCUT2D eigenvalue weighted by molar-refractivity contribution is -0.474. The lowest BCUT2D eigenvalue weighted by Gasteiger charge is -2.46. The third-order valence-corrected chi connectivity index (χ3v) is 4.13. The molecule has 0 atom stereocenters. The van der Waals surface area contributed by atoms with E-state index in [0.717, 1.165) is 0 Å². The van der Waals surface area contributed by atoms with E-state index in [1.165, 1.54) is 0 Å². The fourth-order valence-electron chi connectivity index (χ4n) is 1.99. The second-order valence-electron chi connectivity index (χ2n) is 7.35. The fraction of sp³-hybridized carbons (Fsp3) is 1.00. The lowest BCUT2D eigenvalue weighted by Crippen LogP contribution is -2.78. The Morgan fingerprint density at radius 3 is 0.656 bits per heavy atom. The Hall–Kier alpha value is -1.33. The molecule has 0 bridgehead atoms. The van der Waals surface area contributed by atoms with Crippen LogP contribution in [0, 0.1) is 5.41 Å². The molecular weight excluding hydrogens is 517 g/mol. The van der Waals surface area contributed by atoms with Gasteiger partial charge in [0, 0.05) is 5.41 Å². The summed E-state index contributed by atoms with van der Waals surface area (Å²) in [6.07, 6.45) is -16.5. The van der Waals surface area contributed by atoms with Crippen LogP contribution < -0.4 is 0 Å². The third kappa shape index (κ3) is 3.46. The fourth-order valence-corrected chi connectivity index (χ4v) is 1.99. The Morgan fingerprint density at radius 2 is 0.469 bits per heavy atom. The van der Waals surface area contributed by atoms with Gasteiger partial charge in [-0.25, -0.2) is 4.39 Å². The van der Waals surface area contributed by atoms with Crippen molar-refractivity contribution in [1.82, 2.24) is 0 Å². The molecule has 0 fully saturated rings. The molecule has 0 aliphatic rings. The largest absolute Gasteiger partial charge is 0.438 e. The first-order valence-electron chi connectivity index (χ1n) is 7.34. The number of rotatable bonds is 6. The number of halogens is 19. The van der Waals surface area contributed by atoms with Gasteiger partial charge < -0.3 is 0 Å². The van der Waals surface area contributed by atoms with Crippen molar-refractivity contribution in [3.05, 3.63) is 0 Å². The van der Waals surface area contributed by atoms with Crippen LogP contribution in [0.4, 0.5) is 83.4 Å². The molecule has 32 heavy (non-hydrogen) atoms. The Bertz CT molecular complexity index is 671. The highest BCUT2D eigenvalue weighted by Crippen LogP contribution is 2.67. The van der Waals surface area contributed by atoms with E-state index < -0.39 is 59.0 Å². The smallest absolute Gasteiger partial charge is 0.216 e. The topological polar surface area (TPSA) is 0 Å². The second-order valence-corrected chi connectivity index (χ2v) is 7.35. The number of hydrogen-bond donors (Lipinski definition) is 0. The van der Waals surface area contributed by atoms with Gasteiger partial charge in [-0.2, -0.15) is 79.0 Å². The summed E-state index contributed by atoms with van der Waals surface area (Å²) in [5, 5.41) is 0. The third-order valence-electron chi connectivity index (χ3n) is 4.13. The van der Waals surface area contributed by atoms with Gasteiger partial charge in [0.15, 0.2) is 0 Å². The van der Waals surface area contributed by atoms with Crippen LogP contribution in [-0.4, -0.2) is 53.6 Å². The zero-order chi connectivity index (χ0) is 27.0. The van der Waals surface area contributed by atoms with E-state index in [0.29, 0.717) is 0 Å². The van der Waals surface area contributed by atoms with Crippen molar-refractivity contribution in [3.63, 3.8) is 0 Å². The first kappa shape index (κ1) is 30.7. The normalized spacial score (nSPS) is 17.1. The summed E-state index contributed by atoms with van der Waals surface area (Å²) in [5.74, 6) is -49.5. The first-order valence-corrected chi connectivity index (χ1v) is 7.34. The van der Waals surface area contributed by atoms with Crippen LogP contribution >= 0.6 is 0 Å². The molecule has 0 heterocycles. The summed E-state index contributed by atoms with van der Waals surface area (Å²) in [4.78, 5) is 0. The molecule has 0 amide bonds. The molecule has 0 aromatic carbocycles. The Labute approximate surface area is 164 Å². The molecular formula is C13H9F19. The number of alkyl halides is 19. The average molecular weight is 526 g/mol. The molecule has 0 aromatic heterocycles. The molecule has 0 nitrogen and oxygen atoms in total. The predicted molar refractivity (Wildman–Crippen MR) is 65.1 cm³/mol. The summed E-state index contributed by atoms with van der Waals surface area (Å²) in [5.41, 5.74) is -12.3. The van der Waals surface area contributed by atoms with Gasteiger partial charge in [-0.3, -0.25) is 0 Å². The van der Waals surface area contributed by atoms with E-state index >= 15 is 0 Å². The lowest BCUT2D eigenvalue weighted by atomic mass is 9.78. The molecule has 0 unspecified atom stereocenters. The van der Waals surface area contributed by atoms with E-state index in [2.05, 4.69) is 0 Å². The molecule has 19 heteroatoms. The minimum absolute atomic E-state index is 0.0816. The van der Waals surface area contributed by atoms with Crippen molar-refractivity contribution in [3.8, 4) is 0 Å². The van der Waals surface area contributed by atoms with Gasteiger partial charge in [-0.1, -0.05) is 20.8 Å². The highest BCUT2D eigenvalue weighted by molar-refractivity contribution is 5.19. The molecule has 0 aliphatic heterocycles. The van der Waals surface area contributed by atoms with E-state index in [4.69, 9.17) is 0 Å². The highest BCUT2D eigenvalue weighted by Gasteiger charge is 2.98. The van der Waals surface area contributed by atoms with Gasteiger partial charge in [0.1, 0.15) is 0 Å². The van der Waals surface area contributed by atoms with Crippen LogP contribution in [0.15, 0.2) is 0 Å². The van der Waals surface area contributed by atoms with Crippen molar-refractivity contribution in [2.24, 2.45) is 5.41 Å². The summed E-state index contributed by atoms with van der Waals surface area (Å²) in [6, 6.07) is 0. The maximum absolute atomic E-state index is 13.6. The Morgan fingerprint density at radius 1 is 0.281 bits per heavy atom. The van der Waals surface area contributed by atoms with Gasteiger partial charge in [-0.05, 0) is 0 Å². The Balaban J connectivity index is 7.19. The van der Waals surface area contributed by atoms with Crippen LogP contribution in [0.5, 0.6) is 0 Å². The van der Waals surface area contributed by atoms with E-state index in [9.17, 15) is 83.4 Å². The molecule has 0 aliphatic carbocycles. The summed E-state index contributed by atoms with van der Waals surface area (Å²) >= 11 is 0. The van der Waals surface area contributed by atoms with Crippen molar-refractivity contribution in [2.75, 3.05) is 0 Å². The first-order chi connectivity index (χ1) is 13.2. The molecule has 0 spiro atoms. The number of hydrogen-bond acceptors (Lipinski definition) is 0. The average Bonchev–Trinajstić information content (AvgIpc) is 2.49. The van der Waals surface area contributed by atoms with E-state index in [1.807, 2.05) is 0 Å². The quantitative estimate of drug-likeness (QED) is 0.312. The predicted octanol–water partition coefficient (Wildman–Crippen LogP) is 7.68. The summed E-state index contributed by atoms with van der Waals surface area (Å²) in [7, 11) is 0. The van der Waals surface area contributed by atoms with E-state index in [-0.39, 0.29) is 20.8 Å². The highest BCUT2D eigenvalue weighted by atomic mass is 19.4. The minimum atomic E-state index is -8.98.